The number of rotatable bonds is 6. The molecule has 0 atom stereocenters. The summed E-state index contributed by atoms with van der Waals surface area (Å²) < 4.78 is 5.73. The Kier molecular flexibility index (Phi) is 6.48. The van der Waals surface area contributed by atoms with Crippen LogP contribution in [0.2, 0.25) is 0 Å². The molecule has 1 aromatic heterocycles. The highest BCUT2D eigenvalue weighted by molar-refractivity contribution is 8.26. The predicted molar refractivity (Wildman–Crippen MR) is 118 cm³/mol. The molecule has 1 aliphatic heterocycles. The number of thiazole rings is 1. The third-order valence-corrected chi connectivity index (χ3v) is 6.17. The number of hydrogen-bond acceptors (Lipinski definition) is 7. The Morgan fingerprint density at radius 3 is 2.68 bits per heavy atom. The summed E-state index contributed by atoms with van der Waals surface area (Å²) in [7, 11) is 1.59. The van der Waals surface area contributed by atoms with E-state index >= 15 is 0 Å². The molecular formula is C19H19N3O3S3. The monoisotopic (exact) mass is 433 g/mol. The maximum Gasteiger partial charge on any atom is 0.266 e. The lowest BCUT2D eigenvalue weighted by Crippen LogP contribution is -2.28. The van der Waals surface area contributed by atoms with Crippen molar-refractivity contribution in [3.8, 4) is 5.75 Å². The van der Waals surface area contributed by atoms with Crippen LogP contribution in [0.1, 0.15) is 26.0 Å². The average Bonchev–Trinajstić information content (AvgIpc) is 3.22. The van der Waals surface area contributed by atoms with Crippen molar-refractivity contribution in [3.05, 3.63) is 40.2 Å². The largest absolute Gasteiger partial charge is 0.497 e. The maximum atomic E-state index is 12.5. The molecule has 28 heavy (non-hydrogen) atoms. The van der Waals surface area contributed by atoms with Gasteiger partial charge < -0.3 is 4.74 Å². The lowest BCUT2D eigenvalue weighted by Gasteiger charge is -2.18. The Labute approximate surface area is 177 Å². The molecule has 1 aromatic carbocycles. The molecular weight excluding hydrogens is 414 g/mol. The molecule has 2 heterocycles. The van der Waals surface area contributed by atoms with E-state index in [0.29, 0.717) is 38.0 Å². The molecule has 0 radical (unpaired) electrons. The number of carbonyl (C=O) groups excluding carboxylic acids is 2. The first-order valence-electron chi connectivity index (χ1n) is 8.60. The van der Waals surface area contributed by atoms with Gasteiger partial charge in [0.15, 0.2) is 5.13 Å². The number of anilines is 2. The van der Waals surface area contributed by atoms with Gasteiger partial charge >= 0.3 is 0 Å². The summed E-state index contributed by atoms with van der Waals surface area (Å²) in [5.41, 5.74) is 1.32. The number of benzene rings is 1. The molecule has 0 bridgehead atoms. The molecule has 3 rings (SSSR count). The molecule has 0 saturated carbocycles. The Morgan fingerprint density at radius 1 is 1.36 bits per heavy atom. The molecule has 1 saturated heterocycles. The average molecular weight is 434 g/mol. The van der Waals surface area contributed by atoms with E-state index in [1.54, 1.807) is 42.4 Å². The van der Waals surface area contributed by atoms with Crippen LogP contribution in [0.4, 0.5) is 10.8 Å². The molecule has 0 unspecified atom stereocenters. The van der Waals surface area contributed by atoms with Crippen molar-refractivity contribution < 1.29 is 14.3 Å². The van der Waals surface area contributed by atoms with E-state index in [0.717, 1.165) is 6.42 Å². The van der Waals surface area contributed by atoms with Gasteiger partial charge in [0.05, 0.1) is 23.4 Å². The first kappa shape index (κ1) is 20.5. The first-order chi connectivity index (χ1) is 13.4. The normalized spacial score (nSPS) is 15.4. The topological polar surface area (TPSA) is 62.7 Å². The lowest BCUT2D eigenvalue weighted by atomic mass is 10.3. The van der Waals surface area contributed by atoms with Crippen LogP contribution in [0.25, 0.3) is 6.08 Å². The van der Waals surface area contributed by atoms with Gasteiger partial charge in [-0.05, 0) is 36.8 Å². The third-order valence-electron chi connectivity index (χ3n) is 3.95. The van der Waals surface area contributed by atoms with Gasteiger partial charge in [-0.15, -0.1) is 11.3 Å². The molecule has 0 N–H and O–H groups in total. The molecule has 2 amide bonds. The number of aromatic nitrogens is 1. The molecule has 0 spiro atoms. The van der Waals surface area contributed by atoms with Gasteiger partial charge in [-0.25, -0.2) is 4.98 Å². The summed E-state index contributed by atoms with van der Waals surface area (Å²) in [6.45, 7) is 4.10. The first-order valence-corrected chi connectivity index (χ1v) is 10.7. The van der Waals surface area contributed by atoms with Gasteiger partial charge in [-0.1, -0.05) is 30.9 Å². The molecule has 0 aliphatic carbocycles. The Bertz CT molecular complexity index is 937. The highest BCUT2D eigenvalue weighted by atomic mass is 32.2. The highest BCUT2D eigenvalue weighted by Crippen LogP contribution is 2.35. The maximum absolute atomic E-state index is 12.5. The van der Waals surface area contributed by atoms with Crippen LogP contribution in [0.15, 0.2) is 34.6 Å². The van der Waals surface area contributed by atoms with Gasteiger partial charge in [0.25, 0.3) is 5.91 Å². The minimum atomic E-state index is -0.152. The van der Waals surface area contributed by atoms with Gasteiger partial charge in [0.2, 0.25) is 5.91 Å². The number of thiocarbonyl (C=S) groups is 1. The number of thioether (sulfide) groups is 1. The second kappa shape index (κ2) is 8.85. The standard InChI is InChI=1S/C19H19N3O3S3/c1-4-9-21-17(24)16(28-19(21)26)10-13-11-27-18(20-13)22(12(2)23)14-5-7-15(25-3)8-6-14/h5-8,10-11H,4,9H2,1-3H3/b16-10+. The Hall–Kier alpha value is -2.23. The van der Waals surface area contributed by atoms with Gasteiger partial charge in [0.1, 0.15) is 10.1 Å². The third kappa shape index (κ3) is 4.26. The number of carbonyl (C=O) groups is 2. The lowest BCUT2D eigenvalue weighted by molar-refractivity contribution is -0.122. The van der Waals surface area contributed by atoms with E-state index in [1.165, 1.54) is 34.9 Å². The second-order valence-corrected chi connectivity index (χ2v) is 8.45. The fourth-order valence-electron chi connectivity index (χ4n) is 2.65. The number of hydrogen-bond donors (Lipinski definition) is 0. The van der Waals surface area contributed by atoms with Crippen molar-refractivity contribution in [2.24, 2.45) is 0 Å². The zero-order chi connectivity index (χ0) is 20.3. The Morgan fingerprint density at radius 2 is 2.07 bits per heavy atom. The van der Waals surface area contributed by atoms with Crippen LogP contribution in [-0.4, -0.2) is 39.7 Å². The Balaban J connectivity index is 1.86. The van der Waals surface area contributed by atoms with Crippen LogP contribution < -0.4 is 9.64 Å². The van der Waals surface area contributed by atoms with Crippen LogP contribution >= 0.6 is 35.3 Å². The molecule has 9 heteroatoms. The molecule has 2 aromatic rings. The molecule has 6 nitrogen and oxygen atoms in total. The SMILES string of the molecule is CCCN1C(=O)/C(=C\c2csc(N(C(C)=O)c3ccc(OC)cc3)n2)SC1=S. The summed E-state index contributed by atoms with van der Waals surface area (Å²) >= 11 is 7.91. The highest BCUT2D eigenvalue weighted by Gasteiger charge is 2.31. The summed E-state index contributed by atoms with van der Waals surface area (Å²) in [6, 6.07) is 7.19. The number of nitrogens with zero attached hydrogens (tertiary/aromatic N) is 3. The minimum Gasteiger partial charge on any atom is -0.497 e. The van der Waals surface area contributed by atoms with Gasteiger partial charge in [-0.2, -0.15) is 0 Å². The second-order valence-electron chi connectivity index (χ2n) is 5.94. The smallest absolute Gasteiger partial charge is 0.266 e. The number of methoxy groups -OCH3 is 1. The summed E-state index contributed by atoms with van der Waals surface area (Å²) in [6.07, 6.45) is 2.57. The van der Waals surface area contributed by atoms with Crippen molar-refractivity contribution >= 4 is 68.3 Å². The summed E-state index contributed by atoms with van der Waals surface area (Å²) in [4.78, 5) is 32.9. The van der Waals surface area contributed by atoms with Crippen LogP contribution in [0.3, 0.4) is 0 Å². The fraction of sp³-hybridized carbons (Fsp3) is 0.263. The van der Waals surface area contributed by atoms with E-state index < -0.39 is 0 Å². The van der Waals surface area contributed by atoms with Crippen molar-refractivity contribution in [2.45, 2.75) is 20.3 Å². The van der Waals surface area contributed by atoms with Crippen LogP contribution in [0.5, 0.6) is 5.75 Å². The summed E-state index contributed by atoms with van der Waals surface area (Å²) in [5, 5.41) is 2.36. The van der Waals surface area contributed by atoms with Crippen LogP contribution in [-0.2, 0) is 9.59 Å². The van der Waals surface area contributed by atoms with Crippen molar-refractivity contribution in [1.29, 1.82) is 0 Å². The number of ether oxygens (including phenoxy) is 1. The molecule has 1 aliphatic rings. The van der Waals surface area contributed by atoms with Crippen molar-refractivity contribution in [1.82, 2.24) is 9.88 Å². The van der Waals surface area contributed by atoms with E-state index in [4.69, 9.17) is 17.0 Å². The van der Waals surface area contributed by atoms with Crippen molar-refractivity contribution in [2.75, 3.05) is 18.6 Å². The van der Waals surface area contributed by atoms with E-state index in [-0.39, 0.29) is 11.8 Å². The predicted octanol–water partition coefficient (Wildman–Crippen LogP) is 4.45. The number of amides is 2. The van der Waals surface area contributed by atoms with Gasteiger partial charge in [0, 0.05) is 18.8 Å². The minimum absolute atomic E-state index is 0.0926. The molecule has 146 valence electrons. The fourth-order valence-corrected chi connectivity index (χ4v) is 4.79. The van der Waals surface area contributed by atoms with E-state index in [1.807, 2.05) is 12.3 Å². The zero-order valence-corrected chi connectivity index (χ0v) is 18.1. The van der Waals surface area contributed by atoms with Gasteiger partial charge in [-0.3, -0.25) is 19.4 Å². The van der Waals surface area contributed by atoms with Crippen LogP contribution in [0, 0.1) is 0 Å². The quantitative estimate of drug-likeness (QED) is 0.496. The molecule has 1 fully saturated rings. The zero-order valence-electron chi connectivity index (χ0n) is 15.7. The van der Waals surface area contributed by atoms with Crippen molar-refractivity contribution in [3.63, 3.8) is 0 Å². The van der Waals surface area contributed by atoms with E-state index in [2.05, 4.69) is 4.98 Å². The summed E-state index contributed by atoms with van der Waals surface area (Å²) in [5.74, 6) is 0.464. The van der Waals surface area contributed by atoms with E-state index in [9.17, 15) is 9.59 Å².